The highest BCUT2D eigenvalue weighted by atomic mass is 35.5. The molecule has 0 fully saturated rings. The van der Waals surface area contributed by atoms with Gasteiger partial charge in [-0.05, 0) is 29.8 Å². The molecule has 0 amide bonds. The quantitative estimate of drug-likeness (QED) is 0.923. The van der Waals surface area contributed by atoms with Crippen molar-refractivity contribution in [3.63, 3.8) is 0 Å². The van der Waals surface area contributed by atoms with Gasteiger partial charge in [0.1, 0.15) is 18.1 Å². The normalized spacial score (nSPS) is 12.9. The molecule has 110 valence electrons. The van der Waals surface area contributed by atoms with E-state index in [9.17, 15) is 5.11 Å². The molecule has 3 rings (SSSR count). The molecule has 0 radical (unpaired) electrons. The first kappa shape index (κ1) is 14.5. The maximum absolute atomic E-state index is 9.39. The van der Waals surface area contributed by atoms with Crippen molar-refractivity contribution in [2.24, 2.45) is 0 Å². The van der Waals surface area contributed by atoms with E-state index in [1.54, 1.807) is 18.2 Å². The average molecular weight is 325 g/mol. The number of aliphatic hydroxyl groups excluding tert-OH is 1. The molecule has 0 unspecified atom stereocenters. The number of rotatable bonds is 4. The summed E-state index contributed by atoms with van der Waals surface area (Å²) < 4.78 is 11.4. The summed E-state index contributed by atoms with van der Waals surface area (Å²) in [7, 11) is 0. The van der Waals surface area contributed by atoms with Gasteiger partial charge in [0, 0.05) is 27.6 Å². The van der Waals surface area contributed by atoms with Crippen molar-refractivity contribution < 1.29 is 14.6 Å². The summed E-state index contributed by atoms with van der Waals surface area (Å²) in [5.74, 6) is 1.42. The second kappa shape index (κ2) is 6.14. The molecule has 0 aliphatic carbocycles. The maximum atomic E-state index is 9.39. The Bertz CT molecular complexity index is 671. The molecule has 2 aromatic carbocycles. The predicted octanol–water partition coefficient (Wildman–Crippen LogP) is 4.00. The molecule has 5 heteroatoms. The minimum atomic E-state index is -0.168. The number of fused-ring (bicyclic) bond motifs is 1. The van der Waals surface area contributed by atoms with Crippen molar-refractivity contribution >= 4 is 23.2 Å². The Kier molecular flexibility index (Phi) is 4.24. The van der Waals surface area contributed by atoms with Gasteiger partial charge in [-0.3, -0.25) is 0 Å². The van der Waals surface area contributed by atoms with Crippen molar-refractivity contribution in [3.05, 3.63) is 57.1 Å². The van der Waals surface area contributed by atoms with Crippen LogP contribution in [0, 0.1) is 0 Å². The zero-order valence-corrected chi connectivity index (χ0v) is 12.7. The van der Waals surface area contributed by atoms with Crippen LogP contribution in [-0.2, 0) is 19.6 Å². The van der Waals surface area contributed by atoms with Crippen LogP contribution in [0.5, 0.6) is 11.5 Å². The Morgan fingerprint density at radius 2 is 2.10 bits per heavy atom. The van der Waals surface area contributed by atoms with E-state index in [0.717, 1.165) is 23.3 Å². The van der Waals surface area contributed by atoms with Crippen molar-refractivity contribution in [3.8, 4) is 11.5 Å². The minimum absolute atomic E-state index is 0.168. The number of aliphatic hydroxyl groups is 1. The molecule has 3 nitrogen and oxygen atoms in total. The largest absolute Gasteiger partial charge is 0.493 e. The monoisotopic (exact) mass is 324 g/mol. The SMILES string of the molecule is OCc1c(Cl)cccc1OCc1cc(Cl)cc2c1OCC2. The number of ether oxygens (including phenoxy) is 2. The summed E-state index contributed by atoms with van der Waals surface area (Å²) in [6, 6.07) is 9.06. The molecule has 0 saturated heterocycles. The van der Waals surface area contributed by atoms with E-state index in [1.165, 1.54) is 0 Å². The molecule has 1 aliphatic heterocycles. The summed E-state index contributed by atoms with van der Waals surface area (Å²) in [5.41, 5.74) is 2.59. The minimum Gasteiger partial charge on any atom is -0.493 e. The van der Waals surface area contributed by atoms with E-state index < -0.39 is 0 Å². The van der Waals surface area contributed by atoms with Gasteiger partial charge in [0.25, 0.3) is 0 Å². The predicted molar refractivity (Wildman–Crippen MR) is 82.4 cm³/mol. The molecule has 0 saturated carbocycles. The van der Waals surface area contributed by atoms with Crippen LogP contribution in [0.2, 0.25) is 10.0 Å². The smallest absolute Gasteiger partial charge is 0.129 e. The van der Waals surface area contributed by atoms with Crippen LogP contribution in [0.25, 0.3) is 0 Å². The lowest BCUT2D eigenvalue weighted by molar-refractivity contribution is 0.256. The van der Waals surface area contributed by atoms with Crippen LogP contribution in [0.4, 0.5) is 0 Å². The van der Waals surface area contributed by atoms with Crippen LogP contribution >= 0.6 is 23.2 Å². The molecule has 2 aromatic rings. The van der Waals surface area contributed by atoms with Gasteiger partial charge in [-0.1, -0.05) is 29.3 Å². The zero-order chi connectivity index (χ0) is 14.8. The first-order valence-corrected chi connectivity index (χ1v) is 7.40. The molecule has 1 N–H and O–H groups in total. The average Bonchev–Trinajstić information content (AvgIpc) is 2.93. The third-order valence-corrected chi connectivity index (χ3v) is 4.01. The highest BCUT2D eigenvalue weighted by molar-refractivity contribution is 6.31. The standard InChI is InChI=1S/C16H14Cl2O3/c17-12-6-10-4-5-20-16(10)11(7-12)9-21-15-3-1-2-14(18)13(15)8-19/h1-3,6-7,19H,4-5,8-9H2. The van der Waals surface area contributed by atoms with Gasteiger partial charge in [-0.2, -0.15) is 0 Å². The number of hydrogen-bond acceptors (Lipinski definition) is 3. The molecule has 1 aliphatic rings. The summed E-state index contributed by atoms with van der Waals surface area (Å²) in [6.45, 7) is 0.817. The van der Waals surface area contributed by atoms with Gasteiger partial charge in [0.2, 0.25) is 0 Å². The van der Waals surface area contributed by atoms with Crippen LogP contribution in [0.1, 0.15) is 16.7 Å². The number of hydrogen-bond donors (Lipinski definition) is 1. The molecule has 0 spiro atoms. The van der Waals surface area contributed by atoms with Crippen LogP contribution in [0.3, 0.4) is 0 Å². The fraction of sp³-hybridized carbons (Fsp3) is 0.250. The molecule has 1 heterocycles. The van der Waals surface area contributed by atoms with Gasteiger partial charge < -0.3 is 14.6 Å². The zero-order valence-electron chi connectivity index (χ0n) is 11.2. The molecule has 0 atom stereocenters. The number of benzene rings is 2. The molecule has 21 heavy (non-hydrogen) atoms. The Hall–Kier alpha value is -1.42. The topological polar surface area (TPSA) is 38.7 Å². The van der Waals surface area contributed by atoms with E-state index in [-0.39, 0.29) is 6.61 Å². The van der Waals surface area contributed by atoms with Gasteiger partial charge in [-0.15, -0.1) is 0 Å². The third-order valence-electron chi connectivity index (χ3n) is 3.44. The van der Waals surface area contributed by atoms with E-state index in [4.69, 9.17) is 32.7 Å². The van der Waals surface area contributed by atoms with Crippen molar-refractivity contribution in [1.82, 2.24) is 0 Å². The van der Waals surface area contributed by atoms with Gasteiger partial charge in [0.15, 0.2) is 0 Å². The lowest BCUT2D eigenvalue weighted by Gasteiger charge is -2.13. The van der Waals surface area contributed by atoms with Crippen LogP contribution < -0.4 is 9.47 Å². The molecular weight excluding hydrogens is 311 g/mol. The number of halogens is 2. The first-order chi connectivity index (χ1) is 10.2. The highest BCUT2D eigenvalue weighted by Crippen LogP contribution is 2.34. The fourth-order valence-corrected chi connectivity index (χ4v) is 2.93. The summed E-state index contributed by atoms with van der Waals surface area (Å²) in [4.78, 5) is 0. The Labute approximate surface area is 133 Å². The maximum Gasteiger partial charge on any atom is 0.129 e. The second-order valence-corrected chi connectivity index (χ2v) is 5.66. The summed E-state index contributed by atoms with van der Waals surface area (Å²) in [5, 5.41) is 10.5. The van der Waals surface area contributed by atoms with Crippen LogP contribution in [-0.4, -0.2) is 11.7 Å². The Morgan fingerprint density at radius 3 is 2.90 bits per heavy atom. The first-order valence-electron chi connectivity index (χ1n) is 6.64. The van der Waals surface area contributed by atoms with E-state index in [2.05, 4.69) is 0 Å². The van der Waals surface area contributed by atoms with Gasteiger partial charge >= 0.3 is 0 Å². The van der Waals surface area contributed by atoms with E-state index in [1.807, 2.05) is 12.1 Å². The highest BCUT2D eigenvalue weighted by Gasteiger charge is 2.18. The van der Waals surface area contributed by atoms with Crippen molar-refractivity contribution in [2.45, 2.75) is 19.6 Å². The lowest BCUT2D eigenvalue weighted by atomic mass is 10.1. The summed E-state index contributed by atoms with van der Waals surface area (Å²) >= 11 is 12.2. The van der Waals surface area contributed by atoms with Gasteiger partial charge in [-0.25, -0.2) is 0 Å². The fourth-order valence-electron chi connectivity index (χ4n) is 2.44. The summed E-state index contributed by atoms with van der Waals surface area (Å²) in [6.07, 6.45) is 0.863. The Morgan fingerprint density at radius 1 is 1.24 bits per heavy atom. The van der Waals surface area contributed by atoms with Gasteiger partial charge in [0.05, 0.1) is 13.2 Å². The molecule has 0 aromatic heterocycles. The molecular formula is C16H14Cl2O3. The third kappa shape index (κ3) is 2.95. The van der Waals surface area contributed by atoms with Crippen LogP contribution in [0.15, 0.2) is 30.3 Å². The van der Waals surface area contributed by atoms with Crippen molar-refractivity contribution in [2.75, 3.05) is 6.61 Å². The lowest BCUT2D eigenvalue weighted by Crippen LogP contribution is -2.01. The molecule has 0 bridgehead atoms. The van der Waals surface area contributed by atoms with Crippen molar-refractivity contribution in [1.29, 1.82) is 0 Å². The van der Waals surface area contributed by atoms with E-state index >= 15 is 0 Å². The Balaban J connectivity index is 1.85. The van der Waals surface area contributed by atoms with E-state index in [0.29, 0.717) is 34.6 Å². The second-order valence-electron chi connectivity index (χ2n) is 4.81.